The molecule has 3 rings (SSSR count). The lowest BCUT2D eigenvalue weighted by Crippen LogP contribution is -2.71. The number of hydrogen-bond acceptors (Lipinski definition) is 8. The highest BCUT2D eigenvalue weighted by Crippen LogP contribution is 2.40. The summed E-state index contributed by atoms with van der Waals surface area (Å²) in [5, 5.41) is 15.2. The second kappa shape index (κ2) is 8.52. The molecule has 4 N–H and O–H groups in total. The van der Waals surface area contributed by atoms with E-state index in [4.69, 9.17) is 10.6 Å². The maximum Gasteiger partial charge on any atom is 0.352 e. The molecule has 154 valence electrons. The van der Waals surface area contributed by atoms with Crippen LogP contribution in [-0.2, 0) is 19.2 Å². The molecular formula is C18H21N5O5S. The molecule has 1 saturated heterocycles. The number of thioether (sulfide) groups is 1. The fourth-order valence-corrected chi connectivity index (χ4v) is 4.26. The predicted molar refractivity (Wildman–Crippen MR) is 107 cm³/mol. The van der Waals surface area contributed by atoms with Crippen LogP contribution in [0.3, 0.4) is 0 Å². The number of pyridine rings is 1. The number of carboxylic acid groups (broad SMARTS) is 1. The number of amides is 2. The van der Waals surface area contributed by atoms with E-state index in [1.807, 2.05) is 13.8 Å². The third kappa shape index (κ3) is 4.19. The molecule has 0 radical (unpaired) electrons. The van der Waals surface area contributed by atoms with Gasteiger partial charge < -0.3 is 21.0 Å². The van der Waals surface area contributed by atoms with Crippen LogP contribution in [0.1, 0.15) is 26.0 Å². The van der Waals surface area contributed by atoms with Gasteiger partial charge in [0.25, 0.3) is 11.8 Å². The SMILES string of the molecule is CCCON=C(C(=O)NC1C(=O)N2C(C(=O)O)=CC(C)S[C@H]12)c1cccc(N)n1. The highest BCUT2D eigenvalue weighted by molar-refractivity contribution is 8.00. The van der Waals surface area contributed by atoms with Crippen LogP contribution in [0.15, 0.2) is 35.1 Å². The van der Waals surface area contributed by atoms with Gasteiger partial charge in [0.15, 0.2) is 5.71 Å². The first-order valence-electron chi connectivity index (χ1n) is 9.00. The number of hydrogen-bond donors (Lipinski definition) is 3. The van der Waals surface area contributed by atoms with Crippen molar-refractivity contribution in [3.8, 4) is 0 Å². The maximum absolute atomic E-state index is 12.9. The number of nitrogen functional groups attached to an aromatic ring is 1. The number of nitrogens with one attached hydrogen (secondary N) is 1. The summed E-state index contributed by atoms with van der Waals surface area (Å²) in [6, 6.07) is 3.87. The number of aromatic nitrogens is 1. The molecule has 10 nitrogen and oxygen atoms in total. The number of carboxylic acids is 1. The number of fused-ring (bicyclic) bond motifs is 1. The number of carbonyl (C=O) groups excluding carboxylic acids is 2. The molecule has 3 heterocycles. The smallest absolute Gasteiger partial charge is 0.352 e. The average Bonchev–Trinajstić information content (AvgIpc) is 2.68. The number of rotatable bonds is 7. The van der Waals surface area contributed by atoms with E-state index in [1.54, 1.807) is 18.2 Å². The third-order valence-corrected chi connectivity index (χ3v) is 5.56. The lowest BCUT2D eigenvalue weighted by atomic mass is 10.0. The summed E-state index contributed by atoms with van der Waals surface area (Å²) in [6.07, 6.45) is 2.21. The van der Waals surface area contributed by atoms with E-state index < -0.39 is 29.2 Å². The van der Waals surface area contributed by atoms with Crippen LogP contribution >= 0.6 is 11.8 Å². The Bertz CT molecular complexity index is 902. The topological polar surface area (TPSA) is 147 Å². The second-order valence-electron chi connectivity index (χ2n) is 6.47. The molecular weight excluding hydrogens is 398 g/mol. The van der Waals surface area contributed by atoms with Crippen molar-refractivity contribution in [2.75, 3.05) is 12.3 Å². The normalized spacial score (nSPS) is 23.6. The summed E-state index contributed by atoms with van der Waals surface area (Å²) >= 11 is 1.39. The Morgan fingerprint density at radius 3 is 2.86 bits per heavy atom. The highest BCUT2D eigenvalue weighted by Gasteiger charge is 2.54. The van der Waals surface area contributed by atoms with Gasteiger partial charge in [-0.15, -0.1) is 11.8 Å². The average molecular weight is 419 g/mol. The van der Waals surface area contributed by atoms with Gasteiger partial charge in [-0.25, -0.2) is 9.78 Å². The van der Waals surface area contributed by atoms with E-state index in [-0.39, 0.29) is 28.2 Å². The number of aliphatic carboxylic acids is 1. The molecule has 29 heavy (non-hydrogen) atoms. The number of β-lactam (4-membered cyclic amide) rings is 1. The lowest BCUT2D eigenvalue weighted by molar-refractivity contribution is -0.150. The van der Waals surface area contributed by atoms with Crippen LogP contribution in [0.4, 0.5) is 5.82 Å². The monoisotopic (exact) mass is 419 g/mol. The zero-order valence-corrected chi connectivity index (χ0v) is 16.7. The van der Waals surface area contributed by atoms with E-state index in [0.717, 1.165) is 0 Å². The zero-order valence-electron chi connectivity index (χ0n) is 15.9. The van der Waals surface area contributed by atoms with Gasteiger partial charge in [-0.05, 0) is 31.6 Å². The van der Waals surface area contributed by atoms with Crippen LogP contribution in [0.25, 0.3) is 0 Å². The molecule has 1 fully saturated rings. The molecule has 0 aromatic carbocycles. The van der Waals surface area contributed by atoms with Crippen LogP contribution in [0, 0.1) is 0 Å². The fourth-order valence-electron chi connectivity index (χ4n) is 2.93. The van der Waals surface area contributed by atoms with Crippen molar-refractivity contribution in [2.24, 2.45) is 5.16 Å². The van der Waals surface area contributed by atoms with E-state index in [1.165, 1.54) is 22.7 Å². The largest absolute Gasteiger partial charge is 0.477 e. The number of nitrogens with zero attached hydrogens (tertiary/aromatic N) is 3. The summed E-state index contributed by atoms with van der Waals surface area (Å²) in [5.41, 5.74) is 5.71. The van der Waals surface area contributed by atoms with E-state index >= 15 is 0 Å². The van der Waals surface area contributed by atoms with Crippen molar-refractivity contribution in [1.82, 2.24) is 15.2 Å². The van der Waals surface area contributed by atoms with Gasteiger partial charge in [-0.2, -0.15) is 0 Å². The summed E-state index contributed by atoms with van der Waals surface area (Å²) in [7, 11) is 0. The van der Waals surface area contributed by atoms with E-state index in [2.05, 4.69) is 15.5 Å². The van der Waals surface area contributed by atoms with Crippen LogP contribution in [0.5, 0.6) is 0 Å². The van der Waals surface area contributed by atoms with Gasteiger partial charge >= 0.3 is 5.97 Å². The quantitative estimate of drug-likeness (QED) is 0.251. The summed E-state index contributed by atoms with van der Waals surface area (Å²) in [5.74, 6) is -2.13. The molecule has 2 aliphatic rings. The molecule has 11 heteroatoms. The minimum Gasteiger partial charge on any atom is -0.477 e. The first-order valence-corrected chi connectivity index (χ1v) is 9.95. The standard InChI is InChI=1S/C18H21N5O5S/c1-3-7-28-22-13(10-5-4-6-12(19)20-10)15(24)21-14-16(25)23-11(18(26)27)8-9(2)29-17(14)23/h4-6,8-9,14,17H,3,7H2,1-2H3,(H2,19,20)(H,21,24)(H,26,27)/t9?,14?,17-/m1/s1. The highest BCUT2D eigenvalue weighted by atomic mass is 32.2. The summed E-state index contributed by atoms with van der Waals surface area (Å²) in [6.45, 7) is 4.03. The van der Waals surface area contributed by atoms with Crippen LogP contribution in [0.2, 0.25) is 0 Å². The molecule has 2 amide bonds. The molecule has 0 bridgehead atoms. The number of nitrogens with two attached hydrogens (primary N) is 1. The van der Waals surface area contributed by atoms with Crippen molar-refractivity contribution >= 4 is 41.1 Å². The van der Waals surface area contributed by atoms with Gasteiger partial charge in [0.1, 0.15) is 35.2 Å². The van der Waals surface area contributed by atoms with Crippen molar-refractivity contribution < 1.29 is 24.3 Å². The van der Waals surface area contributed by atoms with Crippen LogP contribution < -0.4 is 11.1 Å². The van der Waals surface area contributed by atoms with Crippen LogP contribution in [-0.4, -0.2) is 61.8 Å². The van der Waals surface area contributed by atoms with Crippen molar-refractivity contribution in [2.45, 2.75) is 36.9 Å². The van der Waals surface area contributed by atoms with E-state index in [0.29, 0.717) is 13.0 Å². The Morgan fingerprint density at radius 1 is 1.45 bits per heavy atom. The van der Waals surface area contributed by atoms with Crippen molar-refractivity contribution in [1.29, 1.82) is 0 Å². The number of oxime groups is 1. The van der Waals surface area contributed by atoms with Gasteiger partial charge in [0.2, 0.25) is 0 Å². The molecule has 1 aromatic rings. The Labute approximate surface area is 171 Å². The molecule has 0 aliphatic carbocycles. The first kappa shape index (κ1) is 20.6. The Morgan fingerprint density at radius 2 is 2.21 bits per heavy atom. The van der Waals surface area contributed by atoms with Gasteiger partial charge in [-0.1, -0.05) is 18.1 Å². The summed E-state index contributed by atoms with van der Waals surface area (Å²) in [4.78, 5) is 47.2. The van der Waals surface area contributed by atoms with Gasteiger partial charge in [0.05, 0.1) is 0 Å². The Balaban J connectivity index is 1.80. The minimum absolute atomic E-state index is 0.0746. The fraction of sp³-hybridized carbons (Fsp3) is 0.389. The molecule has 2 aliphatic heterocycles. The molecule has 0 spiro atoms. The molecule has 3 atom stereocenters. The summed E-state index contributed by atoms with van der Waals surface area (Å²) < 4.78 is 0. The Kier molecular flexibility index (Phi) is 6.06. The number of anilines is 1. The molecule has 0 saturated carbocycles. The minimum atomic E-state index is -1.18. The van der Waals surface area contributed by atoms with Gasteiger partial charge in [-0.3, -0.25) is 14.5 Å². The van der Waals surface area contributed by atoms with Gasteiger partial charge in [0, 0.05) is 5.25 Å². The first-order chi connectivity index (χ1) is 13.8. The number of carbonyl (C=O) groups is 3. The molecule has 2 unspecified atom stereocenters. The van der Waals surface area contributed by atoms with Crippen molar-refractivity contribution in [3.63, 3.8) is 0 Å². The lowest BCUT2D eigenvalue weighted by Gasteiger charge is -2.49. The predicted octanol–water partition coefficient (Wildman–Crippen LogP) is 0.551. The van der Waals surface area contributed by atoms with Crippen molar-refractivity contribution in [3.05, 3.63) is 35.7 Å². The second-order valence-corrected chi connectivity index (χ2v) is 7.97. The zero-order chi connectivity index (χ0) is 21.1. The Hall–Kier alpha value is -3.08. The van der Waals surface area contributed by atoms with E-state index in [9.17, 15) is 19.5 Å². The molecule has 1 aromatic heterocycles. The third-order valence-electron chi connectivity index (χ3n) is 4.23. The maximum atomic E-state index is 12.9.